The predicted octanol–water partition coefficient (Wildman–Crippen LogP) is 3.61. The lowest BCUT2D eigenvalue weighted by Crippen LogP contribution is -2.05. The summed E-state index contributed by atoms with van der Waals surface area (Å²) in [5.74, 6) is -0.235. The Bertz CT molecular complexity index is 574. The van der Waals surface area contributed by atoms with Crippen molar-refractivity contribution in [3.05, 3.63) is 28.6 Å². The maximum Gasteiger partial charge on any atom is 0.348 e. The number of anilines is 1. The van der Waals surface area contributed by atoms with Crippen LogP contribution in [0.15, 0.2) is 18.2 Å². The van der Waals surface area contributed by atoms with Crippen LogP contribution in [0.5, 0.6) is 0 Å². The Kier molecular flexibility index (Phi) is 3.87. The van der Waals surface area contributed by atoms with Crippen molar-refractivity contribution in [2.24, 2.45) is 0 Å². The highest BCUT2D eigenvalue weighted by molar-refractivity contribution is 7.21. The molecule has 0 saturated carbocycles. The fraction of sp³-hybridized carbons (Fsp3) is 0.357. The lowest BCUT2D eigenvalue weighted by Gasteiger charge is -2.04. The average molecular weight is 263 g/mol. The molecule has 3 nitrogen and oxygen atoms in total. The largest absolute Gasteiger partial charge is 0.462 e. The molecule has 2 N–H and O–H groups in total. The van der Waals surface area contributed by atoms with E-state index in [0.717, 1.165) is 34.2 Å². The van der Waals surface area contributed by atoms with Crippen LogP contribution in [-0.4, -0.2) is 12.6 Å². The number of hydrogen-bond acceptors (Lipinski definition) is 4. The number of benzene rings is 1. The first kappa shape index (κ1) is 12.9. The molecule has 2 aromatic rings. The molecule has 0 spiro atoms. The van der Waals surface area contributed by atoms with Crippen molar-refractivity contribution >= 4 is 33.1 Å². The van der Waals surface area contributed by atoms with Crippen LogP contribution in [0.3, 0.4) is 0 Å². The van der Waals surface area contributed by atoms with E-state index in [-0.39, 0.29) is 5.97 Å². The molecule has 0 fully saturated rings. The van der Waals surface area contributed by atoms with Gasteiger partial charge in [-0.15, -0.1) is 11.3 Å². The minimum absolute atomic E-state index is 0.235. The van der Waals surface area contributed by atoms with Crippen molar-refractivity contribution in [2.75, 3.05) is 12.3 Å². The second-order valence-electron chi connectivity index (χ2n) is 4.10. The van der Waals surface area contributed by atoms with Crippen molar-refractivity contribution in [3.63, 3.8) is 0 Å². The van der Waals surface area contributed by atoms with Crippen LogP contribution in [0, 0.1) is 0 Å². The summed E-state index contributed by atoms with van der Waals surface area (Å²) in [6.07, 6.45) is 1.83. The smallest absolute Gasteiger partial charge is 0.348 e. The van der Waals surface area contributed by atoms with E-state index in [9.17, 15) is 4.79 Å². The van der Waals surface area contributed by atoms with Crippen LogP contribution in [-0.2, 0) is 11.2 Å². The van der Waals surface area contributed by atoms with E-state index in [1.54, 1.807) is 0 Å². The van der Waals surface area contributed by atoms with Gasteiger partial charge >= 0.3 is 5.97 Å². The zero-order valence-corrected chi connectivity index (χ0v) is 11.5. The normalized spacial score (nSPS) is 10.8. The van der Waals surface area contributed by atoms with Gasteiger partial charge in [-0.3, -0.25) is 0 Å². The minimum Gasteiger partial charge on any atom is -0.462 e. The van der Waals surface area contributed by atoms with Gasteiger partial charge in [0.05, 0.1) is 6.61 Å². The summed E-state index contributed by atoms with van der Waals surface area (Å²) in [6.45, 7) is 4.31. The molecule has 4 heteroatoms. The number of esters is 1. The molecule has 1 heterocycles. The van der Waals surface area contributed by atoms with Crippen LogP contribution in [0.1, 0.15) is 35.5 Å². The van der Waals surface area contributed by atoms with E-state index in [1.165, 1.54) is 11.3 Å². The Morgan fingerprint density at radius 3 is 2.83 bits per heavy atom. The Morgan fingerprint density at radius 1 is 1.39 bits per heavy atom. The summed E-state index contributed by atoms with van der Waals surface area (Å²) >= 11 is 1.47. The van der Waals surface area contributed by atoms with Crippen LogP contribution < -0.4 is 5.73 Å². The maximum atomic E-state index is 12.0. The van der Waals surface area contributed by atoms with Gasteiger partial charge in [0.2, 0.25) is 0 Å². The summed E-state index contributed by atoms with van der Waals surface area (Å²) in [5, 5.41) is 1.02. The van der Waals surface area contributed by atoms with Gasteiger partial charge in [-0.25, -0.2) is 4.79 Å². The standard InChI is InChI=1S/C14H17NO2S/c1-3-6-9-12-10(15)7-5-8-11(12)18-13(9)14(16)17-4-2/h5,7-8H,3-4,6,15H2,1-2H3. The van der Waals surface area contributed by atoms with Crippen molar-refractivity contribution < 1.29 is 9.53 Å². The zero-order valence-electron chi connectivity index (χ0n) is 10.7. The maximum absolute atomic E-state index is 12.0. The van der Waals surface area contributed by atoms with Crippen LogP contribution in [0.25, 0.3) is 10.1 Å². The lowest BCUT2D eigenvalue weighted by molar-refractivity contribution is 0.0531. The fourth-order valence-electron chi connectivity index (χ4n) is 2.09. The number of fused-ring (bicyclic) bond motifs is 1. The van der Waals surface area contributed by atoms with Gasteiger partial charge in [-0.05, 0) is 31.0 Å². The molecule has 0 amide bonds. The number of rotatable bonds is 4. The SMILES string of the molecule is CCCc1c(C(=O)OCC)sc2cccc(N)c12. The topological polar surface area (TPSA) is 52.3 Å². The van der Waals surface area contributed by atoms with Crippen LogP contribution in [0.4, 0.5) is 5.69 Å². The van der Waals surface area contributed by atoms with Crippen LogP contribution >= 0.6 is 11.3 Å². The predicted molar refractivity (Wildman–Crippen MR) is 76.2 cm³/mol. The van der Waals surface area contributed by atoms with Crippen LogP contribution in [0.2, 0.25) is 0 Å². The van der Waals surface area contributed by atoms with Gasteiger partial charge in [0.15, 0.2) is 0 Å². The summed E-state index contributed by atoms with van der Waals surface area (Å²) in [5.41, 5.74) is 7.80. The number of nitrogen functional groups attached to an aromatic ring is 1. The van der Waals surface area contributed by atoms with Crippen molar-refractivity contribution in [1.29, 1.82) is 0 Å². The molecule has 0 atom stereocenters. The first-order chi connectivity index (χ1) is 8.69. The summed E-state index contributed by atoms with van der Waals surface area (Å²) in [6, 6.07) is 5.79. The number of carbonyl (C=O) groups excluding carboxylic acids is 1. The Labute approximate surface area is 111 Å². The van der Waals surface area contributed by atoms with Gasteiger partial charge in [0, 0.05) is 15.8 Å². The first-order valence-corrected chi connectivity index (χ1v) is 6.97. The van der Waals surface area contributed by atoms with E-state index >= 15 is 0 Å². The molecule has 2 rings (SSSR count). The zero-order chi connectivity index (χ0) is 13.1. The minimum atomic E-state index is -0.235. The van der Waals surface area contributed by atoms with Crippen molar-refractivity contribution in [3.8, 4) is 0 Å². The van der Waals surface area contributed by atoms with E-state index in [1.807, 2.05) is 25.1 Å². The van der Waals surface area contributed by atoms with Gasteiger partial charge in [-0.1, -0.05) is 19.4 Å². The average Bonchev–Trinajstić information content (AvgIpc) is 2.70. The molecule has 96 valence electrons. The fourth-order valence-corrected chi connectivity index (χ4v) is 3.27. The highest BCUT2D eigenvalue weighted by Gasteiger charge is 2.19. The molecule has 1 aromatic heterocycles. The molecular formula is C14H17NO2S. The number of nitrogens with two attached hydrogens (primary N) is 1. The number of hydrogen-bond donors (Lipinski definition) is 1. The molecule has 1 aromatic carbocycles. The second kappa shape index (κ2) is 5.40. The molecule has 0 aliphatic rings. The third-order valence-corrected chi connectivity index (χ3v) is 3.98. The van der Waals surface area contributed by atoms with E-state index in [0.29, 0.717) is 11.5 Å². The quantitative estimate of drug-likeness (QED) is 0.677. The Hall–Kier alpha value is -1.55. The van der Waals surface area contributed by atoms with Gasteiger partial charge in [-0.2, -0.15) is 0 Å². The number of aryl methyl sites for hydroxylation is 1. The van der Waals surface area contributed by atoms with Crippen molar-refractivity contribution in [2.45, 2.75) is 26.7 Å². The molecule has 0 unspecified atom stereocenters. The second-order valence-corrected chi connectivity index (χ2v) is 5.15. The summed E-state index contributed by atoms with van der Waals surface area (Å²) in [4.78, 5) is 12.7. The summed E-state index contributed by atoms with van der Waals surface area (Å²) < 4.78 is 6.17. The molecule has 0 aliphatic carbocycles. The molecule has 18 heavy (non-hydrogen) atoms. The Balaban J connectivity index is 2.62. The number of carbonyl (C=O) groups is 1. The molecule has 0 bridgehead atoms. The third-order valence-electron chi connectivity index (χ3n) is 2.81. The first-order valence-electron chi connectivity index (χ1n) is 6.16. The van der Waals surface area contributed by atoms with E-state index < -0.39 is 0 Å². The third kappa shape index (κ3) is 2.20. The number of thiophene rings is 1. The molecular weight excluding hydrogens is 246 g/mol. The van der Waals surface area contributed by atoms with Gasteiger partial charge in [0.25, 0.3) is 0 Å². The van der Waals surface area contributed by atoms with Crippen molar-refractivity contribution in [1.82, 2.24) is 0 Å². The monoisotopic (exact) mass is 263 g/mol. The Morgan fingerprint density at radius 2 is 2.17 bits per heavy atom. The van der Waals surface area contributed by atoms with Gasteiger partial charge < -0.3 is 10.5 Å². The van der Waals surface area contributed by atoms with E-state index in [4.69, 9.17) is 10.5 Å². The highest BCUT2D eigenvalue weighted by Crippen LogP contribution is 2.36. The van der Waals surface area contributed by atoms with E-state index in [2.05, 4.69) is 6.92 Å². The molecule has 0 aliphatic heterocycles. The molecule has 0 radical (unpaired) electrons. The lowest BCUT2D eigenvalue weighted by atomic mass is 10.0. The van der Waals surface area contributed by atoms with Gasteiger partial charge in [0.1, 0.15) is 4.88 Å². The summed E-state index contributed by atoms with van der Waals surface area (Å²) in [7, 11) is 0. The highest BCUT2D eigenvalue weighted by atomic mass is 32.1. The number of ether oxygens (including phenoxy) is 1. The molecule has 0 saturated heterocycles.